The molecule has 0 unspecified atom stereocenters. The standard InChI is InChI=1S/C11H10F2N4O2/c1-2-18-10-15-9(14)16-11(17-10)19-8-4-3-6(12)5-7(8)13/h3-5H,2H2,1H3,(H2,14,15,16,17). The van der Waals surface area contributed by atoms with Crippen LogP contribution in [-0.2, 0) is 0 Å². The molecule has 0 radical (unpaired) electrons. The Kier molecular flexibility index (Phi) is 3.69. The maximum absolute atomic E-state index is 13.4. The van der Waals surface area contributed by atoms with Crippen LogP contribution < -0.4 is 15.2 Å². The van der Waals surface area contributed by atoms with Gasteiger partial charge in [0.2, 0.25) is 5.95 Å². The lowest BCUT2D eigenvalue weighted by molar-refractivity contribution is 0.302. The van der Waals surface area contributed by atoms with Crippen molar-refractivity contribution in [1.82, 2.24) is 15.0 Å². The van der Waals surface area contributed by atoms with Gasteiger partial charge in [-0.15, -0.1) is 4.98 Å². The zero-order valence-electron chi connectivity index (χ0n) is 9.93. The molecule has 8 heteroatoms. The molecule has 2 aromatic rings. The summed E-state index contributed by atoms with van der Waals surface area (Å²) in [5, 5.41) is 0. The number of benzene rings is 1. The van der Waals surface area contributed by atoms with Gasteiger partial charge in [-0.1, -0.05) is 0 Å². The first-order chi connectivity index (χ1) is 9.08. The second-order valence-corrected chi connectivity index (χ2v) is 3.37. The number of aromatic nitrogens is 3. The van der Waals surface area contributed by atoms with Gasteiger partial charge >= 0.3 is 12.0 Å². The largest absolute Gasteiger partial charge is 0.464 e. The number of ether oxygens (including phenoxy) is 2. The highest BCUT2D eigenvalue weighted by molar-refractivity contribution is 5.29. The Morgan fingerprint density at radius 3 is 2.58 bits per heavy atom. The average molecular weight is 268 g/mol. The Hall–Kier alpha value is -2.51. The highest BCUT2D eigenvalue weighted by atomic mass is 19.1. The van der Waals surface area contributed by atoms with Crippen LogP contribution in [0.15, 0.2) is 18.2 Å². The normalized spacial score (nSPS) is 10.3. The lowest BCUT2D eigenvalue weighted by atomic mass is 10.3. The molecule has 100 valence electrons. The SMILES string of the molecule is CCOc1nc(N)nc(Oc2ccc(F)cc2F)n1. The van der Waals surface area contributed by atoms with Crippen molar-refractivity contribution >= 4 is 5.95 Å². The van der Waals surface area contributed by atoms with Crippen molar-refractivity contribution in [1.29, 1.82) is 0 Å². The number of anilines is 1. The summed E-state index contributed by atoms with van der Waals surface area (Å²) in [6.07, 6.45) is 0. The first-order valence-electron chi connectivity index (χ1n) is 5.35. The second kappa shape index (κ2) is 5.42. The van der Waals surface area contributed by atoms with Crippen LogP contribution in [0, 0.1) is 11.6 Å². The minimum Gasteiger partial charge on any atom is -0.464 e. The van der Waals surface area contributed by atoms with E-state index in [9.17, 15) is 8.78 Å². The first-order valence-corrected chi connectivity index (χ1v) is 5.35. The number of nitrogen functional groups attached to an aromatic ring is 1. The van der Waals surface area contributed by atoms with Crippen LogP contribution in [0.25, 0.3) is 0 Å². The summed E-state index contributed by atoms with van der Waals surface area (Å²) in [4.78, 5) is 11.1. The fraction of sp³-hybridized carbons (Fsp3) is 0.182. The maximum atomic E-state index is 13.4. The van der Waals surface area contributed by atoms with E-state index in [1.54, 1.807) is 6.92 Å². The first kappa shape index (κ1) is 12.9. The minimum atomic E-state index is -0.878. The van der Waals surface area contributed by atoms with E-state index in [0.29, 0.717) is 12.7 Å². The van der Waals surface area contributed by atoms with Gasteiger partial charge in [0.25, 0.3) is 0 Å². The van der Waals surface area contributed by atoms with Crippen molar-refractivity contribution < 1.29 is 18.3 Å². The van der Waals surface area contributed by atoms with Crippen molar-refractivity contribution in [3.63, 3.8) is 0 Å². The molecular weight excluding hydrogens is 258 g/mol. The summed E-state index contributed by atoms with van der Waals surface area (Å²) in [7, 11) is 0. The van der Waals surface area contributed by atoms with Gasteiger partial charge in [-0.05, 0) is 19.1 Å². The van der Waals surface area contributed by atoms with Crippen molar-refractivity contribution in [3.8, 4) is 17.8 Å². The zero-order chi connectivity index (χ0) is 13.8. The van der Waals surface area contributed by atoms with E-state index >= 15 is 0 Å². The Morgan fingerprint density at radius 2 is 1.89 bits per heavy atom. The van der Waals surface area contributed by atoms with Crippen molar-refractivity contribution in [2.45, 2.75) is 6.92 Å². The maximum Gasteiger partial charge on any atom is 0.330 e. The van der Waals surface area contributed by atoms with Crippen molar-refractivity contribution in [3.05, 3.63) is 29.8 Å². The number of halogens is 2. The molecule has 0 aliphatic carbocycles. The number of hydrogen-bond donors (Lipinski definition) is 1. The van der Waals surface area contributed by atoms with Crippen LogP contribution in [0.1, 0.15) is 6.92 Å². The van der Waals surface area contributed by atoms with Gasteiger partial charge in [-0.3, -0.25) is 0 Å². The fourth-order valence-electron chi connectivity index (χ4n) is 1.25. The highest BCUT2D eigenvalue weighted by Crippen LogP contribution is 2.23. The summed E-state index contributed by atoms with van der Waals surface area (Å²) in [6, 6.07) is 2.58. The Labute approximate surface area is 107 Å². The summed E-state index contributed by atoms with van der Waals surface area (Å²) in [6.45, 7) is 2.06. The molecule has 2 N–H and O–H groups in total. The third kappa shape index (κ3) is 3.24. The summed E-state index contributed by atoms with van der Waals surface area (Å²) in [5.74, 6) is -1.95. The molecule has 0 spiro atoms. The highest BCUT2D eigenvalue weighted by Gasteiger charge is 2.11. The van der Waals surface area contributed by atoms with E-state index in [-0.39, 0.29) is 23.7 Å². The quantitative estimate of drug-likeness (QED) is 0.912. The smallest absolute Gasteiger partial charge is 0.330 e. The van der Waals surface area contributed by atoms with E-state index in [2.05, 4.69) is 15.0 Å². The molecule has 0 bridgehead atoms. The molecule has 1 aromatic heterocycles. The van der Waals surface area contributed by atoms with Crippen LogP contribution >= 0.6 is 0 Å². The van der Waals surface area contributed by atoms with E-state index < -0.39 is 11.6 Å². The molecule has 0 fully saturated rings. The second-order valence-electron chi connectivity index (χ2n) is 3.37. The van der Waals surface area contributed by atoms with Crippen molar-refractivity contribution in [2.75, 3.05) is 12.3 Å². The molecule has 1 aromatic carbocycles. The van der Waals surface area contributed by atoms with Crippen LogP contribution in [0.2, 0.25) is 0 Å². The molecule has 6 nitrogen and oxygen atoms in total. The van der Waals surface area contributed by atoms with E-state index in [1.807, 2.05) is 0 Å². The van der Waals surface area contributed by atoms with Crippen LogP contribution in [-0.4, -0.2) is 21.6 Å². The molecule has 0 aliphatic heterocycles. The van der Waals surface area contributed by atoms with Crippen LogP contribution in [0.5, 0.6) is 17.8 Å². The van der Waals surface area contributed by atoms with Gasteiger partial charge in [0, 0.05) is 6.07 Å². The molecule has 0 amide bonds. The fourth-order valence-corrected chi connectivity index (χ4v) is 1.25. The summed E-state index contributed by atoms with van der Waals surface area (Å²) < 4.78 is 36.2. The molecular formula is C11H10F2N4O2. The molecule has 0 atom stereocenters. The molecule has 2 rings (SSSR count). The molecule has 1 heterocycles. The predicted octanol–water partition coefficient (Wildman–Crippen LogP) is 1.92. The number of nitrogens with two attached hydrogens (primary N) is 1. The number of rotatable bonds is 4. The topological polar surface area (TPSA) is 83.2 Å². The summed E-state index contributed by atoms with van der Waals surface area (Å²) in [5.41, 5.74) is 5.43. The predicted molar refractivity (Wildman–Crippen MR) is 61.8 cm³/mol. The lowest BCUT2D eigenvalue weighted by Gasteiger charge is -2.07. The van der Waals surface area contributed by atoms with Crippen molar-refractivity contribution in [2.24, 2.45) is 0 Å². The van der Waals surface area contributed by atoms with Gasteiger partial charge in [-0.25, -0.2) is 8.78 Å². The molecule has 0 saturated carbocycles. The molecule has 19 heavy (non-hydrogen) atoms. The Balaban J connectivity index is 2.27. The van der Waals surface area contributed by atoms with Gasteiger partial charge < -0.3 is 15.2 Å². The molecule has 0 aliphatic rings. The third-order valence-corrected chi connectivity index (χ3v) is 1.98. The number of nitrogens with zero attached hydrogens (tertiary/aromatic N) is 3. The zero-order valence-corrected chi connectivity index (χ0v) is 9.93. The summed E-state index contributed by atoms with van der Waals surface area (Å²) >= 11 is 0. The number of hydrogen-bond acceptors (Lipinski definition) is 6. The van der Waals surface area contributed by atoms with E-state index in [0.717, 1.165) is 12.1 Å². The van der Waals surface area contributed by atoms with Gasteiger partial charge in [-0.2, -0.15) is 9.97 Å². The lowest BCUT2D eigenvalue weighted by Crippen LogP contribution is -2.05. The van der Waals surface area contributed by atoms with Gasteiger partial charge in [0.1, 0.15) is 5.82 Å². The third-order valence-electron chi connectivity index (χ3n) is 1.98. The van der Waals surface area contributed by atoms with Crippen LogP contribution in [0.3, 0.4) is 0 Å². The Morgan fingerprint density at radius 1 is 1.16 bits per heavy atom. The molecule has 0 saturated heterocycles. The monoisotopic (exact) mass is 268 g/mol. The van der Waals surface area contributed by atoms with Crippen LogP contribution in [0.4, 0.5) is 14.7 Å². The van der Waals surface area contributed by atoms with E-state index in [4.69, 9.17) is 15.2 Å². The van der Waals surface area contributed by atoms with Gasteiger partial charge in [0.05, 0.1) is 6.61 Å². The Bertz CT molecular complexity index is 595. The van der Waals surface area contributed by atoms with Gasteiger partial charge in [0.15, 0.2) is 11.6 Å². The minimum absolute atomic E-state index is 0.0347. The van der Waals surface area contributed by atoms with E-state index in [1.165, 1.54) is 0 Å². The average Bonchev–Trinajstić information content (AvgIpc) is 2.32.